The molecule has 3 aromatic rings. The van der Waals surface area contributed by atoms with E-state index in [9.17, 15) is 13.6 Å². The number of carbonyl (C=O) groups excluding carboxylic acids is 1. The van der Waals surface area contributed by atoms with E-state index in [0.29, 0.717) is 30.5 Å². The van der Waals surface area contributed by atoms with Crippen LogP contribution in [0, 0.1) is 11.6 Å². The SMILES string of the molecule is CN(CCOc1cccc(F)c1)Cc1nnc(C(=O)NCc2ccc(F)cc2)s1. The molecule has 2 aromatic carbocycles. The summed E-state index contributed by atoms with van der Waals surface area (Å²) in [5, 5.41) is 11.7. The zero-order chi connectivity index (χ0) is 20.6. The van der Waals surface area contributed by atoms with E-state index in [2.05, 4.69) is 15.5 Å². The van der Waals surface area contributed by atoms with Crippen LogP contribution in [0.2, 0.25) is 0 Å². The number of likely N-dealkylation sites (N-methyl/N-ethyl adjacent to an activating group) is 1. The molecule has 0 spiro atoms. The number of hydrogen-bond donors (Lipinski definition) is 1. The maximum atomic E-state index is 13.1. The van der Waals surface area contributed by atoms with Gasteiger partial charge in [0.25, 0.3) is 5.91 Å². The normalized spacial score (nSPS) is 10.9. The van der Waals surface area contributed by atoms with E-state index < -0.39 is 0 Å². The van der Waals surface area contributed by atoms with Gasteiger partial charge < -0.3 is 10.1 Å². The van der Waals surface area contributed by atoms with Crippen LogP contribution in [-0.4, -0.2) is 41.2 Å². The molecular weight excluding hydrogens is 398 g/mol. The van der Waals surface area contributed by atoms with Crippen LogP contribution < -0.4 is 10.1 Å². The first-order valence-electron chi connectivity index (χ1n) is 8.91. The molecule has 0 aliphatic carbocycles. The van der Waals surface area contributed by atoms with Crippen molar-refractivity contribution in [1.29, 1.82) is 0 Å². The van der Waals surface area contributed by atoms with Gasteiger partial charge in [-0.15, -0.1) is 10.2 Å². The Morgan fingerprint density at radius 1 is 1.14 bits per heavy atom. The third-order valence-electron chi connectivity index (χ3n) is 3.97. The van der Waals surface area contributed by atoms with Crippen LogP contribution in [0.25, 0.3) is 0 Å². The summed E-state index contributed by atoms with van der Waals surface area (Å²) in [4.78, 5) is 14.2. The second-order valence-corrected chi connectivity index (χ2v) is 7.42. The number of halogens is 2. The van der Waals surface area contributed by atoms with Crippen LogP contribution in [0.5, 0.6) is 5.75 Å². The highest BCUT2D eigenvalue weighted by atomic mass is 32.1. The van der Waals surface area contributed by atoms with Crippen molar-refractivity contribution in [3.63, 3.8) is 0 Å². The van der Waals surface area contributed by atoms with Gasteiger partial charge in [-0.1, -0.05) is 29.5 Å². The molecule has 1 heterocycles. The summed E-state index contributed by atoms with van der Waals surface area (Å²) in [6.07, 6.45) is 0. The predicted molar refractivity (Wildman–Crippen MR) is 106 cm³/mol. The molecule has 9 heteroatoms. The molecular formula is C20H20F2N4O2S. The molecule has 0 saturated heterocycles. The molecule has 0 aliphatic rings. The van der Waals surface area contributed by atoms with Crippen LogP contribution >= 0.6 is 11.3 Å². The van der Waals surface area contributed by atoms with Crippen LogP contribution in [0.4, 0.5) is 8.78 Å². The monoisotopic (exact) mass is 418 g/mol. The van der Waals surface area contributed by atoms with E-state index in [1.54, 1.807) is 24.3 Å². The summed E-state index contributed by atoms with van der Waals surface area (Å²) in [5.74, 6) is -0.501. The Kier molecular flexibility index (Phi) is 7.20. The molecule has 0 aliphatic heterocycles. The average Bonchev–Trinajstić information content (AvgIpc) is 3.16. The predicted octanol–water partition coefficient (Wildman–Crippen LogP) is 3.26. The molecule has 6 nitrogen and oxygen atoms in total. The van der Waals surface area contributed by atoms with Crippen LogP contribution in [0.3, 0.4) is 0 Å². The lowest BCUT2D eigenvalue weighted by atomic mass is 10.2. The fourth-order valence-corrected chi connectivity index (χ4v) is 3.29. The minimum atomic E-state index is -0.338. The van der Waals surface area contributed by atoms with Gasteiger partial charge in [0.15, 0.2) is 0 Å². The number of nitrogens with zero attached hydrogens (tertiary/aromatic N) is 3. The largest absolute Gasteiger partial charge is 0.492 e. The molecule has 29 heavy (non-hydrogen) atoms. The first kappa shape index (κ1) is 20.8. The number of nitrogens with one attached hydrogen (secondary N) is 1. The smallest absolute Gasteiger partial charge is 0.282 e. The van der Waals surface area contributed by atoms with Crippen molar-refractivity contribution in [2.75, 3.05) is 20.2 Å². The van der Waals surface area contributed by atoms with E-state index >= 15 is 0 Å². The zero-order valence-electron chi connectivity index (χ0n) is 15.8. The van der Waals surface area contributed by atoms with E-state index in [-0.39, 0.29) is 29.1 Å². The fraction of sp³-hybridized carbons (Fsp3) is 0.250. The summed E-state index contributed by atoms with van der Waals surface area (Å²) in [5.41, 5.74) is 0.794. The van der Waals surface area contributed by atoms with Gasteiger partial charge >= 0.3 is 0 Å². The molecule has 1 amide bonds. The minimum Gasteiger partial charge on any atom is -0.492 e. The molecule has 0 saturated carbocycles. The van der Waals surface area contributed by atoms with Crippen molar-refractivity contribution in [2.24, 2.45) is 0 Å². The third-order valence-corrected chi connectivity index (χ3v) is 4.88. The number of hydrogen-bond acceptors (Lipinski definition) is 6. The number of carbonyl (C=O) groups is 1. The standard InChI is InChI=1S/C20H20F2N4O2S/c1-26(9-10-28-17-4-2-3-16(22)11-17)13-18-24-25-20(29-18)19(27)23-12-14-5-7-15(21)8-6-14/h2-8,11H,9-10,12-13H2,1H3,(H,23,27). The van der Waals surface area contributed by atoms with Gasteiger partial charge in [0, 0.05) is 19.2 Å². The summed E-state index contributed by atoms with van der Waals surface area (Å²) in [6.45, 7) is 1.78. The lowest BCUT2D eigenvalue weighted by molar-refractivity contribution is 0.0950. The maximum Gasteiger partial charge on any atom is 0.282 e. The summed E-state index contributed by atoms with van der Waals surface area (Å²) < 4.78 is 31.5. The number of benzene rings is 2. The quantitative estimate of drug-likeness (QED) is 0.578. The lowest BCUT2D eigenvalue weighted by Crippen LogP contribution is -2.23. The van der Waals surface area contributed by atoms with Crippen molar-refractivity contribution in [2.45, 2.75) is 13.1 Å². The Hall–Kier alpha value is -2.91. The number of amides is 1. The zero-order valence-corrected chi connectivity index (χ0v) is 16.6. The number of rotatable bonds is 9. The van der Waals surface area contributed by atoms with Crippen LogP contribution in [-0.2, 0) is 13.1 Å². The molecule has 0 atom stereocenters. The second-order valence-electron chi connectivity index (χ2n) is 6.35. The lowest BCUT2D eigenvalue weighted by Gasteiger charge is -2.15. The van der Waals surface area contributed by atoms with Crippen LogP contribution in [0.1, 0.15) is 20.4 Å². The molecule has 0 radical (unpaired) electrons. The Bertz CT molecular complexity index is 950. The average molecular weight is 418 g/mol. The molecule has 152 valence electrons. The van der Waals surface area contributed by atoms with E-state index in [0.717, 1.165) is 5.56 Å². The fourth-order valence-electron chi connectivity index (χ4n) is 2.46. The highest BCUT2D eigenvalue weighted by Gasteiger charge is 2.14. The van der Waals surface area contributed by atoms with E-state index in [4.69, 9.17) is 4.74 Å². The number of aromatic nitrogens is 2. The van der Waals surface area contributed by atoms with Crippen molar-refractivity contribution < 1.29 is 18.3 Å². The van der Waals surface area contributed by atoms with Gasteiger partial charge in [-0.05, 0) is 36.9 Å². The van der Waals surface area contributed by atoms with Gasteiger partial charge in [-0.2, -0.15) is 0 Å². The van der Waals surface area contributed by atoms with Crippen molar-refractivity contribution >= 4 is 17.2 Å². The Morgan fingerprint density at radius 2 is 1.93 bits per heavy atom. The summed E-state index contributed by atoms with van der Waals surface area (Å²) in [6, 6.07) is 11.9. The van der Waals surface area contributed by atoms with Gasteiger partial charge in [0.05, 0.1) is 6.54 Å². The van der Waals surface area contributed by atoms with Gasteiger partial charge in [0.2, 0.25) is 5.01 Å². The third kappa shape index (κ3) is 6.58. The molecule has 3 rings (SSSR count). The van der Waals surface area contributed by atoms with Crippen LogP contribution in [0.15, 0.2) is 48.5 Å². The topological polar surface area (TPSA) is 67.3 Å². The molecule has 0 bridgehead atoms. The Balaban J connectivity index is 1.42. The molecule has 1 aromatic heterocycles. The number of ether oxygens (including phenoxy) is 1. The highest BCUT2D eigenvalue weighted by molar-refractivity contribution is 7.13. The highest BCUT2D eigenvalue weighted by Crippen LogP contribution is 2.14. The van der Waals surface area contributed by atoms with Crippen molar-refractivity contribution in [3.05, 3.63) is 75.7 Å². The summed E-state index contributed by atoms with van der Waals surface area (Å²) >= 11 is 1.21. The first-order chi connectivity index (χ1) is 14.0. The van der Waals surface area contributed by atoms with Gasteiger partial charge in [-0.3, -0.25) is 9.69 Å². The Labute approximate surface area is 171 Å². The van der Waals surface area contributed by atoms with Gasteiger partial charge in [0.1, 0.15) is 29.0 Å². The van der Waals surface area contributed by atoms with E-state index in [1.807, 2.05) is 11.9 Å². The summed E-state index contributed by atoms with van der Waals surface area (Å²) in [7, 11) is 1.89. The second kappa shape index (κ2) is 10.0. The Morgan fingerprint density at radius 3 is 2.69 bits per heavy atom. The van der Waals surface area contributed by atoms with Crippen molar-refractivity contribution in [1.82, 2.24) is 20.4 Å². The maximum absolute atomic E-state index is 13.1. The molecule has 0 unspecified atom stereocenters. The van der Waals surface area contributed by atoms with Gasteiger partial charge in [-0.25, -0.2) is 8.78 Å². The van der Waals surface area contributed by atoms with Crippen molar-refractivity contribution in [3.8, 4) is 5.75 Å². The molecule has 0 fully saturated rings. The van der Waals surface area contributed by atoms with E-state index in [1.165, 1.54) is 35.6 Å². The first-order valence-corrected chi connectivity index (χ1v) is 9.73. The minimum absolute atomic E-state index is 0.270. The molecule has 1 N–H and O–H groups in total.